The number of hydrogen-bond acceptors (Lipinski definition) is 1. The van der Waals surface area contributed by atoms with Crippen molar-refractivity contribution in [2.75, 3.05) is 7.11 Å². The van der Waals surface area contributed by atoms with Crippen LogP contribution in [0, 0.1) is 0 Å². The minimum Gasteiger partial charge on any atom is -0.497 e. The second kappa shape index (κ2) is 10.1. The Morgan fingerprint density at radius 3 is 1.39 bits per heavy atom. The highest BCUT2D eigenvalue weighted by Crippen LogP contribution is 2.15. The van der Waals surface area contributed by atoms with Gasteiger partial charge in [0.05, 0.1) is 7.11 Å². The lowest BCUT2D eigenvalue weighted by atomic mass is 10.0. The molecular formula is C22H30O. The average molecular weight is 310 g/mol. The minimum atomic E-state index is 0.938. The Labute approximate surface area is 141 Å². The number of benzene rings is 2. The second-order valence-corrected chi connectivity index (χ2v) is 6.33. The van der Waals surface area contributed by atoms with E-state index >= 15 is 0 Å². The highest BCUT2D eigenvalue weighted by atomic mass is 16.5. The van der Waals surface area contributed by atoms with Gasteiger partial charge >= 0.3 is 0 Å². The lowest BCUT2D eigenvalue weighted by Crippen LogP contribution is -1.91. The first-order valence-electron chi connectivity index (χ1n) is 9.02. The average Bonchev–Trinajstić information content (AvgIpc) is 2.61. The Balaban J connectivity index is 1.67. The van der Waals surface area contributed by atoms with Crippen molar-refractivity contribution in [1.29, 1.82) is 0 Å². The Hall–Kier alpha value is -1.76. The first kappa shape index (κ1) is 17.6. The highest BCUT2D eigenvalue weighted by Gasteiger charge is 1.98. The van der Waals surface area contributed by atoms with Crippen LogP contribution < -0.4 is 4.74 Å². The molecular weight excluding hydrogens is 280 g/mol. The first-order valence-corrected chi connectivity index (χ1v) is 9.02. The van der Waals surface area contributed by atoms with Crippen LogP contribution >= 0.6 is 0 Å². The fourth-order valence-corrected chi connectivity index (χ4v) is 2.90. The largest absolute Gasteiger partial charge is 0.497 e. The van der Waals surface area contributed by atoms with Crippen LogP contribution in [0.4, 0.5) is 0 Å². The fourth-order valence-electron chi connectivity index (χ4n) is 2.90. The molecule has 2 aromatic rings. The van der Waals surface area contributed by atoms with Gasteiger partial charge in [-0.1, -0.05) is 56.2 Å². The summed E-state index contributed by atoms with van der Waals surface area (Å²) >= 11 is 0. The lowest BCUT2D eigenvalue weighted by molar-refractivity contribution is 0.414. The third-order valence-electron chi connectivity index (χ3n) is 4.43. The molecule has 0 heterocycles. The molecule has 0 amide bonds. The van der Waals surface area contributed by atoms with Gasteiger partial charge in [-0.15, -0.1) is 0 Å². The van der Waals surface area contributed by atoms with E-state index in [-0.39, 0.29) is 0 Å². The molecule has 1 heteroatoms. The second-order valence-electron chi connectivity index (χ2n) is 6.33. The fraction of sp³-hybridized carbons (Fsp3) is 0.455. The van der Waals surface area contributed by atoms with Crippen molar-refractivity contribution >= 4 is 0 Å². The van der Waals surface area contributed by atoms with Gasteiger partial charge in [0.2, 0.25) is 0 Å². The van der Waals surface area contributed by atoms with E-state index in [1.807, 2.05) is 12.1 Å². The number of unbranched alkanes of at least 4 members (excludes halogenated alkanes) is 3. The third kappa shape index (κ3) is 6.48. The van der Waals surface area contributed by atoms with Crippen LogP contribution in [0.2, 0.25) is 0 Å². The molecule has 0 fully saturated rings. The molecule has 2 aromatic carbocycles. The van der Waals surface area contributed by atoms with Gasteiger partial charge in [0.25, 0.3) is 0 Å². The molecule has 0 unspecified atom stereocenters. The molecule has 0 bridgehead atoms. The van der Waals surface area contributed by atoms with E-state index in [4.69, 9.17) is 4.74 Å². The topological polar surface area (TPSA) is 9.23 Å². The molecule has 23 heavy (non-hydrogen) atoms. The molecule has 0 spiro atoms. The molecule has 0 saturated heterocycles. The molecule has 0 aliphatic heterocycles. The number of aryl methyl sites for hydroxylation is 3. The molecule has 0 radical (unpaired) electrons. The minimum absolute atomic E-state index is 0.938. The van der Waals surface area contributed by atoms with Crippen molar-refractivity contribution < 1.29 is 4.74 Å². The summed E-state index contributed by atoms with van der Waals surface area (Å²) in [6.45, 7) is 2.26. The van der Waals surface area contributed by atoms with Crippen molar-refractivity contribution in [1.82, 2.24) is 0 Å². The summed E-state index contributed by atoms with van der Waals surface area (Å²) in [5, 5.41) is 0. The zero-order valence-electron chi connectivity index (χ0n) is 14.7. The lowest BCUT2D eigenvalue weighted by Gasteiger charge is -2.06. The predicted octanol–water partition coefficient (Wildman–Crippen LogP) is 5.99. The smallest absolute Gasteiger partial charge is 0.118 e. The standard InChI is InChI=1S/C22H30O/c1-3-4-5-8-19-11-13-20(14-12-19)9-6-7-10-21-15-17-22(23-2)18-16-21/h11-18H,3-10H2,1-2H3. The van der Waals surface area contributed by atoms with Crippen LogP contribution in [0.3, 0.4) is 0 Å². The van der Waals surface area contributed by atoms with Crippen LogP contribution in [0.15, 0.2) is 48.5 Å². The zero-order valence-corrected chi connectivity index (χ0v) is 14.7. The van der Waals surface area contributed by atoms with Gasteiger partial charge in [0.15, 0.2) is 0 Å². The Bertz CT molecular complexity index is 539. The van der Waals surface area contributed by atoms with Gasteiger partial charge in [0.1, 0.15) is 5.75 Å². The van der Waals surface area contributed by atoms with E-state index in [9.17, 15) is 0 Å². The highest BCUT2D eigenvalue weighted by molar-refractivity contribution is 5.27. The van der Waals surface area contributed by atoms with Crippen LogP contribution in [0.25, 0.3) is 0 Å². The van der Waals surface area contributed by atoms with Crippen LogP contribution in [-0.4, -0.2) is 7.11 Å². The summed E-state index contributed by atoms with van der Waals surface area (Å²) in [5.41, 5.74) is 4.36. The Kier molecular flexibility index (Phi) is 7.72. The monoisotopic (exact) mass is 310 g/mol. The zero-order chi connectivity index (χ0) is 16.3. The maximum Gasteiger partial charge on any atom is 0.118 e. The van der Waals surface area contributed by atoms with E-state index in [0.717, 1.165) is 12.2 Å². The van der Waals surface area contributed by atoms with Gasteiger partial charge in [-0.3, -0.25) is 0 Å². The molecule has 2 rings (SSSR count). The number of hydrogen-bond donors (Lipinski definition) is 0. The van der Waals surface area contributed by atoms with Crippen molar-refractivity contribution in [3.05, 3.63) is 65.2 Å². The molecule has 0 aliphatic carbocycles. The van der Waals surface area contributed by atoms with Gasteiger partial charge in [-0.05, 0) is 67.3 Å². The first-order chi connectivity index (χ1) is 11.3. The van der Waals surface area contributed by atoms with E-state index in [1.54, 1.807) is 7.11 Å². The predicted molar refractivity (Wildman–Crippen MR) is 99.3 cm³/mol. The molecule has 0 N–H and O–H groups in total. The van der Waals surface area contributed by atoms with Crippen LogP contribution in [0.1, 0.15) is 55.7 Å². The molecule has 0 atom stereocenters. The van der Waals surface area contributed by atoms with Gasteiger partial charge < -0.3 is 4.74 Å². The molecule has 0 aromatic heterocycles. The van der Waals surface area contributed by atoms with E-state index < -0.39 is 0 Å². The van der Waals surface area contributed by atoms with Crippen LogP contribution in [0.5, 0.6) is 5.75 Å². The van der Waals surface area contributed by atoms with Crippen LogP contribution in [-0.2, 0) is 19.3 Å². The van der Waals surface area contributed by atoms with Crippen molar-refractivity contribution in [3.63, 3.8) is 0 Å². The summed E-state index contributed by atoms with van der Waals surface area (Å²) in [7, 11) is 1.71. The SMILES string of the molecule is CCCCCc1ccc(CCCCc2ccc(OC)cc2)cc1. The third-order valence-corrected chi connectivity index (χ3v) is 4.43. The maximum atomic E-state index is 5.19. The summed E-state index contributed by atoms with van der Waals surface area (Å²) in [6.07, 6.45) is 10.0. The summed E-state index contributed by atoms with van der Waals surface area (Å²) in [5.74, 6) is 0.938. The molecule has 0 aliphatic rings. The van der Waals surface area contributed by atoms with Gasteiger partial charge in [-0.2, -0.15) is 0 Å². The van der Waals surface area contributed by atoms with Crippen molar-refractivity contribution in [2.45, 2.75) is 58.3 Å². The number of methoxy groups -OCH3 is 1. The van der Waals surface area contributed by atoms with Crippen molar-refractivity contribution in [3.8, 4) is 5.75 Å². The summed E-state index contributed by atoms with van der Waals surface area (Å²) in [4.78, 5) is 0. The molecule has 0 saturated carbocycles. The number of ether oxygens (including phenoxy) is 1. The number of rotatable bonds is 10. The van der Waals surface area contributed by atoms with Gasteiger partial charge in [0, 0.05) is 0 Å². The maximum absolute atomic E-state index is 5.19. The summed E-state index contributed by atoms with van der Waals surface area (Å²) in [6, 6.07) is 17.7. The van der Waals surface area contributed by atoms with Gasteiger partial charge in [-0.25, -0.2) is 0 Å². The molecule has 124 valence electrons. The van der Waals surface area contributed by atoms with E-state index in [0.29, 0.717) is 0 Å². The van der Waals surface area contributed by atoms with Crippen molar-refractivity contribution in [2.24, 2.45) is 0 Å². The Morgan fingerprint density at radius 1 is 0.609 bits per heavy atom. The Morgan fingerprint density at radius 2 is 1.00 bits per heavy atom. The van der Waals surface area contributed by atoms with E-state index in [2.05, 4.69) is 43.3 Å². The molecule has 1 nitrogen and oxygen atoms in total. The quantitative estimate of drug-likeness (QED) is 0.489. The summed E-state index contributed by atoms with van der Waals surface area (Å²) < 4.78 is 5.19. The normalized spacial score (nSPS) is 10.7. The van der Waals surface area contributed by atoms with E-state index in [1.165, 1.54) is 61.6 Å².